The third-order valence-corrected chi connectivity index (χ3v) is 5.93. The SMILES string of the molecule is COc1ccc(C(=O)CSc2nc(C3CC3)cc(-c3ccccc3)c2C#N)cc1. The monoisotopic (exact) mass is 400 g/mol. The molecule has 5 heteroatoms. The van der Waals surface area contributed by atoms with E-state index in [1.54, 1.807) is 31.4 Å². The van der Waals surface area contributed by atoms with Crippen molar-refractivity contribution in [2.24, 2.45) is 0 Å². The zero-order chi connectivity index (χ0) is 20.2. The Morgan fingerprint density at radius 1 is 1.17 bits per heavy atom. The van der Waals surface area contributed by atoms with Gasteiger partial charge in [-0.25, -0.2) is 4.98 Å². The number of rotatable bonds is 7. The van der Waals surface area contributed by atoms with Crippen molar-refractivity contribution in [1.82, 2.24) is 4.98 Å². The Bertz CT molecular complexity index is 1070. The number of Topliss-reactive ketones (excluding diaryl/α,β-unsaturated/α-hetero) is 1. The molecule has 2 aromatic carbocycles. The molecule has 29 heavy (non-hydrogen) atoms. The van der Waals surface area contributed by atoms with Crippen molar-refractivity contribution in [3.63, 3.8) is 0 Å². The van der Waals surface area contributed by atoms with Crippen LogP contribution < -0.4 is 4.74 Å². The van der Waals surface area contributed by atoms with E-state index in [1.807, 2.05) is 36.4 Å². The molecule has 1 saturated carbocycles. The Labute approximate surface area is 174 Å². The number of nitrogens with zero attached hydrogens (tertiary/aromatic N) is 2. The number of benzene rings is 2. The van der Waals surface area contributed by atoms with Crippen molar-refractivity contribution in [3.8, 4) is 22.9 Å². The molecule has 0 atom stereocenters. The highest BCUT2D eigenvalue weighted by Gasteiger charge is 2.27. The van der Waals surface area contributed by atoms with Crippen LogP contribution in [-0.2, 0) is 0 Å². The van der Waals surface area contributed by atoms with Crippen LogP contribution in [-0.4, -0.2) is 23.6 Å². The molecule has 1 fully saturated rings. The molecule has 1 heterocycles. The van der Waals surface area contributed by atoms with Gasteiger partial charge in [-0.2, -0.15) is 5.26 Å². The molecule has 3 aromatic rings. The van der Waals surface area contributed by atoms with Gasteiger partial charge in [-0.3, -0.25) is 4.79 Å². The zero-order valence-electron chi connectivity index (χ0n) is 16.1. The maximum absolute atomic E-state index is 12.6. The average molecular weight is 401 g/mol. The Morgan fingerprint density at radius 2 is 1.90 bits per heavy atom. The number of carbonyl (C=O) groups is 1. The van der Waals surface area contributed by atoms with Crippen LogP contribution in [0.1, 0.15) is 40.4 Å². The van der Waals surface area contributed by atoms with Crippen molar-refractivity contribution in [2.75, 3.05) is 12.9 Å². The van der Waals surface area contributed by atoms with Crippen LogP contribution >= 0.6 is 11.8 Å². The van der Waals surface area contributed by atoms with Crippen LogP contribution in [0.5, 0.6) is 5.75 Å². The number of methoxy groups -OCH3 is 1. The van der Waals surface area contributed by atoms with Crippen molar-refractivity contribution in [3.05, 3.63) is 77.5 Å². The first-order chi connectivity index (χ1) is 14.2. The van der Waals surface area contributed by atoms with Crippen molar-refractivity contribution in [2.45, 2.75) is 23.8 Å². The second kappa shape index (κ2) is 8.50. The maximum Gasteiger partial charge on any atom is 0.173 e. The Hall–Kier alpha value is -3.10. The fourth-order valence-corrected chi connectivity index (χ4v) is 4.09. The van der Waals surface area contributed by atoms with E-state index in [2.05, 4.69) is 6.07 Å². The van der Waals surface area contributed by atoms with Gasteiger partial charge in [0.15, 0.2) is 5.78 Å². The van der Waals surface area contributed by atoms with E-state index in [1.165, 1.54) is 11.8 Å². The molecule has 0 radical (unpaired) electrons. The van der Waals surface area contributed by atoms with Gasteiger partial charge in [-0.1, -0.05) is 42.1 Å². The normalized spacial score (nSPS) is 13.0. The van der Waals surface area contributed by atoms with Gasteiger partial charge >= 0.3 is 0 Å². The van der Waals surface area contributed by atoms with Crippen LogP contribution in [0.25, 0.3) is 11.1 Å². The predicted octanol–water partition coefficient (Wildman–Crippen LogP) is 5.48. The number of thioether (sulfide) groups is 1. The van der Waals surface area contributed by atoms with E-state index in [0.29, 0.717) is 27.8 Å². The summed E-state index contributed by atoms with van der Waals surface area (Å²) in [5.41, 5.74) is 4.06. The zero-order valence-corrected chi connectivity index (χ0v) is 16.9. The highest BCUT2D eigenvalue weighted by molar-refractivity contribution is 8.00. The molecule has 1 aromatic heterocycles. The van der Waals surface area contributed by atoms with E-state index in [-0.39, 0.29) is 11.5 Å². The number of ketones is 1. The highest BCUT2D eigenvalue weighted by atomic mass is 32.2. The minimum Gasteiger partial charge on any atom is -0.497 e. The summed E-state index contributed by atoms with van der Waals surface area (Å²) in [5.74, 6) is 1.41. The molecule has 0 saturated heterocycles. The van der Waals surface area contributed by atoms with Crippen molar-refractivity contribution >= 4 is 17.5 Å². The van der Waals surface area contributed by atoms with Crippen LogP contribution in [0.3, 0.4) is 0 Å². The summed E-state index contributed by atoms with van der Waals surface area (Å²) < 4.78 is 5.14. The number of ether oxygens (including phenoxy) is 1. The van der Waals surface area contributed by atoms with E-state index < -0.39 is 0 Å². The summed E-state index contributed by atoms with van der Waals surface area (Å²) in [6, 6.07) is 21.3. The Balaban J connectivity index is 1.63. The lowest BCUT2D eigenvalue weighted by atomic mass is 10.0. The van der Waals surface area contributed by atoms with Crippen LogP contribution in [0, 0.1) is 11.3 Å². The van der Waals surface area contributed by atoms with Gasteiger partial charge < -0.3 is 4.74 Å². The second-order valence-electron chi connectivity index (χ2n) is 6.97. The second-order valence-corrected chi connectivity index (χ2v) is 7.93. The molecule has 4 rings (SSSR count). The van der Waals surface area contributed by atoms with Gasteiger partial charge in [0.2, 0.25) is 0 Å². The largest absolute Gasteiger partial charge is 0.497 e. The molecule has 0 N–H and O–H groups in total. The molecule has 144 valence electrons. The lowest BCUT2D eigenvalue weighted by Gasteiger charge is -2.12. The first-order valence-corrected chi connectivity index (χ1v) is 10.5. The molecule has 0 aliphatic heterocycles. The molecular weight excluding hydrogens is 380 g/mol. The summed E-state index contributed by atoms with van der Waals surface area (Å²) >= 11 is 1.34. The molecule has 0 bridgehead atoms. The fraction of sp³-hybridized carbons (Fsp3) is 0.208. The number of pyridine rings is 1. The molecule has 0 spiro atoms. The molecular formula is C24H20N2O2S. The molecule has 1 aliphatic rings. The third kappa shape index (κ3) is 4.33. The molecule has 4 nitrogen and oxygen atoms in total. The van der Waals surface area contributed by atoms with Crippen LogP contribution in [0.15, 0.2) is 65.7 Å². The minimum absolute atomic E-state index is 0.00132. The Kier molecular flexibility index (Phi) is 5.64. The minimum atomic E-state index is 0.00132. The quantitative estimate of drug-likeness (QED) is 0.388. The van der Waals surface area contributed by atoms with E-state index >= 15 is 0 Å². The predicted molar refractivity (Wildman–Crippen MR) is 114 cm³/mol. The number of aromatic nitrogens is 1. The average Bonchev–Trinajstić information content (AvgIpc) is 3.63. The van der Waals surface area contributed by atoms with Crippen LogP contribution in [0.2, 0.25) is 0 Å². The maximum atomic E-state index is 12.6. The number of nitriles is 1. The number of carbonyl (C=O) groups excluding carboxylic acids is 1. The van der Waals surface area contributed by atoms with Gasteiger partial charge in [0.1, 0.15) is 16.8 Å². The summed E-state index contributed by atoms with van der Waals surface area (Å²) in [6.45, 7) is 0. The number of hydrogen-bond acceptors (Lipinski definition) is 5. The lowest BCUT2D eigenvalue weighted by molar-refractivity contribution is 0.102. The topological polar surface area (TPSA) is 63.0 Å². The van der Waals surface area contributed by atoms with E-state index in [9.17, 15) is 10.1 Å². The van der Waals surface area contributed by atoms with Gasteiger partial charge in [-0.15, -0.1) is 0 Å². The molecule has 0 amide bonds. The standard InChI is InChI=1S/C24H20N2O2S/c1-28-19-11-9-18(10-12-19)23(27)15-29-24-21(14-25)20(16-5-3-2-4-6-16)13-22(26-24)17-7-8-17/h2-6,9-13,17H,7-8,15H2,1H3. The van der Waals surface area contributed by atoms with E-state index in [0.717, 1.165) is 29.7 Å². The first kappa shape index (κ1) is 19.2. The van der Waals surface area contributed by atoms with Crippen molar-refractivity contribution < 1.29 is 9.53 Å². The van der Waals surface area contributed by atoms with E-state index in [4.69, 9.17) is 9.72 Å². The van der Waals surface area contributed by atoms with Crippen LogP contribution in [0.4, 0.5) is 0 Å². The lowest BCUT2D eigenvalue weighted by Crippen LogP contribution is -2.04. The van der Waals surface area contributed by atoms with Gasteiger partial charge in [0, 0.05) is 22.7 Å². The molecule has 1 aliphatic carbocycles. The first-order valence-electron chi connectivity index (χ1n) is 9.50. The van der Waals surface area contributed by atoms with Gasteiger partial charge in [0.25, 0.3) is 0 Å². The molecule has 0 unspecified atom stereocenters. The summed E-state index contributed by atoms with van der Waals surface area (Å²) in [4.78, 5) is 17.4. The third-order valence-electron chi connectivity index (χ3n) is 4.95. The summed E-state index contributed by atoms with van der Waals surface area (Å²) in [7, 11) is 1.60. The van der Waals surface area contributed by atoms with Gasteiger partial charge in [0.05, 0.1) is 18.4 Å². The van der Waals surface area contributed by atoms with Crippen molar-refractivity contribution in [1.29, 1.82) is 5.26 Å². The Morgan fingerprint density at radius 3 is 2.52 bits per heavy atom. The smallest absolute Gasteiger partial charge is 0.173 e. The fourth-order valence-electron chi connectivity index (χ4n) is 3.18. The number of hydrogen-bond donors (Lipinski definition) is 0. The van der Waals surface area contributed by atoms with Gasteiger partial charge in [-0.05, 0) is 48.7 Å². The summed E-state index contributed by atoms with van der Waals surface area (Å²) in [6.07, 6.45) is 2.25. The highest BCUT2D eigenvalue weighted by Crippen LogP contribution is 2.42. The summed E-state index contributed by atoms with van der Waals surface area (Å²) in [5, 5.41) is 10.5.